The molecular formula is C19H27NO5S. The molecule has 0 bridgehead atoms. The Morgan fingerprint density at radius 3 is 2.42 bits per heavy atom. The van der Waals surface area contributed by atoms with E-state index in [0.29, 0.717) is 13.0 Å². The fraction of sp³-hybridized carbons (Fsp3) is 0.579. The van der Waals surface area contributed by atoms with E-state index < -0.39 is 15.8 Å². The number of carbonyl (C=O) groups is 2. The fourth-order valence-electron chi connectivity index (χ4n) is 3.02. The molecule has 1 heterocycles. The lowest BCUT2D eigenvalue weighted by Crippen LogP contribution is -2.45. The van der Waals surface area contributed by atoms with Crippen LogP contribution in [0.25, 0.3) is 0 Å². The van der Waals surface area contributed by atoms with Gasteiger partial charge in [-0.2, -0.15) is 0 Å². The Kier molecular flexibility index (Phi) is 6.81. The third-order valence-electron chi connectivity index (χ3n) is 4.36. The van der Waals surface area contributed by atoms with Crippen LogP contribution in [0.3, 0.4) is 0 Å². The van der Waals surface area contributed by atoms with Crippen LogP contribution in [0.2, 0.25) is 0 Å². The molecule has 1 aliphatic heterocycles. The van der Waals surface area contributed by atoms with Gasteiger partial charge in [0.2, 0.25) is 0 Å². The van der Waals surface area contributed by atoms with Crippen LogP contribution < -0.4 is 0 Å². The van der Waals surface area contributed by atoms with Crippen molar-refractivity contribution in [1.29, 1.82) is 0 Å². The van der Waals surface area contributed by atoms with Gasteiger partial charge >= 0.3 is 5.97 Å². The summed E-state index contributed by atoms with van der Waals surface area (Å²) in [6.07, 6.45) is 0.549. The molecule has 1 saturated heterocycles. The highest BCUT2D eigenvalue weighted by Gasteiger charge is 2.35. The lowest BCUT2D eigenvalue weighted by molar-refractivity contribution is -0.152. The Morgan fingerprint density at radius 1 is 1.23 bits per heavy atom. The summed E-state index contributed by atoms with van der Waals surface area (Å²) in [7, 11) is -3.09. The molecular weight excluding hydrogens is 354 g/mol. The summed E-state index contributed by atoms with van der Waals surface area (Å²) in [5.41, 5.74) is 1.93. The zero-order valence-corrected chi connectivity index (χ0v) is 16.4. The third-order valence-corrected chi connectivity index (χ3v) is 6.11. The molecule has 1 amide bonds. The van der Waals surface area contributed by atoms with Gasteiger partial charge in [0.05, 0.1) is 17.9 Å². The zero-order valence-electron chi connectivity index (χ0n) is 15.6. The molecule has 144 valence electrons. The van der Waals surface area contributed by atoms with Crippen molar-refractivity contribution >= 4 is 21.7 Å². The quantitative estimate of drug-likeness (QED) is 0.672. The van der Waals surface area contributed by atoms with Crippen LogP contribution in [-0.4, -0.2) is 55.9 Å². The lowest BCUT2D eigenvalue weighted by Gasteiger charge is -2.29. The number of amides is 1. The van der Waals surface area contributed by atoms with E-state index in [0.717, 1.165) is 11.1 Å². The predicted molar refractivity (Wildman–Crippen MR) is 99.5 cm³/mol. The number of rotatable bonds is 7. The van der Waals surface area contributed by atoms with Gasteiger partial charge in [-0.15, -0.1) is 0 Å². The molecule has 1 aliphatic rings. The van der Waals surface area contributed by atoms with Crippen molar-refractivity contribution in [3.05, 3.63) is 35.4 Å². The van der Waals surface area contributed by atoms with Gasteiger partial charge in [0, 0.05) is 12.6 Å². The molecule has 2 rings (SSSR count). The molecule has 0 aromatic heterocycles. The average molecular weight is 381 g/mol. The van der Waals surface area contributed by atoms with Gasteiger partial charge in [0.25, 0.3) is 5.91 Å². The second-order valence-electron chi connectivity index (χ2n) is 7.32. The molecule has 0 radical (unpaired) electrons. The van der Waals surface area contributed by atoms with Crippen molar-refractivity contribution in [2.45, 2.75) is 39.7 Å². The Balaban J connectivity index is 1.91. The Hall–Kier alpha value is -1.89. The van der Waals surface area contributed by atoms with Gasteiger partial charge in [-0.25, -0.2) is 8.42 Å². The van der Waals surface area contributed by atoms with E-state index in [1.54, 1.807) is 4.90 Å². The Bertz CT molecular complexity index is 740. The third kappa shape index (κ3) is 6.12. The number of carbonyl (C=O) groups excluding carboxylic acids is 2. The van der Waals surface area contributed by atoms with Crippen LogP contribution in [0.4, 0.5) is 0 Å². The van der Waals surface area contributed by atoms with Crippen molar-refractivity contribution in [2.24, 2.45) is 5.92 Å². The van der Waals surface area contributed by atoms with Gasteiger partial charge in [0.1, 0.15) is 0 Å². The van der Waals surface area contributed by atoms with E-state index in [9.17, 15) is 18.0 Å². The van der Waals surface area contributed by atoms with Crippen LogP contribution in [0.15, 0.2) is 24.3 Å². The minimum Gasteiger partial charge on any atom is -0.455 e. The summed E-state index contributed by atoms with van der Waals surface area (Å²) in [5.74, 6) is -0.510. The number of esters is 1. The predicted octanol–water partition coefficient (Wildman–Crippen LogP) is 1.75. The Labute approximate surface area is 155 Å². The first-order valence-electron chi connectivity index (χ1n) is 8.87. The first-order valence-corrected chi connectivity index (χ1v) is 10.7. The van der Waals surface area contributed by atoms with Gasteiger partial charge < -0.3 is 9.64 Å². The van der Waals surface area contributed by atoms with E-state index in [-0.39, 0.29) is 42.4 Å². The number of aryl methyl sites for hydroxylation is 1. The molecule has 7 heteroatoms. The van der Waals surface area contributed by atoms with Crippen LogP contribution in [0.1, 0.15) is 31.4 Å². The number of nitrogens with zero attached hydrogens (tertiary/aromatic N) is 1. The molecule has 1 atom stereocenters. The normalized spacial score (nSPS) is 18.7. The molecule has 26 heavy (non-hydrogen) atoms. The van der Waals surface area contributed by atoms with Crippen molar-refractivity contribution < 1.29 is 22.7 Å². The zero-order chi connectivity index (χ0) is 19.3. The molecule has 1 fully saturated rings. The minimum atomic E-state index is -3.09. The fourth-order valence-corrected chi connectivity index (χ4v) is 4.75. The van der Waals surface area contributed by atoms with Crippen molar-refractivity contribution in [2.75, 3.05) is 24.7 Å². The number of ether oxygens (including phenoxy) is 1. The number of sulfone groups is 1. The van der Waals surface area contributed by atoms with Crippen molar-refractivity contribution in [3.63, 3.8) is 0 Å². The van der Waals surface area contributed by atoms with Crippen molar-refractivity contribution in [1.82, 2.24) is 4.90 Å². The largest absolute Gasteiger partial charge is 0.455 e. The van der Waals surface area contributed by atoms with E-state index >= 15 is 0 Å². The molecule has 0 aliphatic carbocycles. The summed E-state index contributed by atoms with van der Waals surface area (Å²) in [5, 5.41) is 0. The number of hydrogen-bond donors (Lipinski definition) is 0. The molecule has 1 aromatic rings. The smallest absolute Gasteiger partial charge is 0.310 e. The highest BCUT2D eigenvalue weighted by molar-refractivity contribution is 7.91. The summed E-state index contributed by atoms with van der Waals surface area (Å²) in [4.78, 5) is 26.1. The van der Waals surface area contributed by atoms with E-state index in [1.165, 1.54) is 0 Å². The van der Waals surface area contributed by atoms with E-state index in [4.69, 9.17) is 4.74 Å². The maximum atomic E-state index is 12.5. The number of benzene rings is 1. The molecule has 0 spiro atoms. The second-order valence-corrected chi connectivity index (χ2v) is 9.55. The summed E-state index contributed by atoms with van der Waals surface area (Å²) >= 11 is 0. The molecule has 6 nitrogen and oxygen atoms in total. The standard InChI is InChI=1S/C19H27NO5S/c1-14(2)11-20(17-8-9-26(23,24)13-17)18(21)12-25-19(22)10-16-6-4-15(3)5-7-16/h4-7,14,17H,8-13H2,1-3H3. The van der Waals surface area contributed by atoms with E-state index in [2.05, 4.69) is 0 Å². The SMILES string of the molecule is Cc1ccc(CC(=O)OCC(=O)N(CC(C)C)C2CCS(=O)(=O)C2)cc1. The highest BCUT2D eigenvalue weighted by Crippen LogP contribution is 2.19. The van der Waals surface area contributed by atoms with Gasteiger partial charge in [0.15, 0.2) is 16.4 Å². The summed E-state index contributed by atoms with van der Waals surface area (Å²) in [6.45, 7) is 6.00. The summed E-state index contributed by atoms with van der Waals surface area (Å²) in [6, 6.07) is 7.21. The minimum absolute atomic E-state index is 0.0111. The molecule has 0 N–H and O–H groups in total. The Morgan fingerprint density at radius 2 is 1.88 bits per heavy atom. The van der Waals surface area contributed by atoms with Crippen LogP contribution in [-0.2, 0) is 30.6 Å². The second kappa shape index (κ2) is 8.66. The van der Waals surface area contributed by atoms with E-state index in [1.807, 2.05) is 45.0 Å². The van der Waals surface area contributed by atoms with Crippen LogP contribution >= 0.6 is 0 Å². The summed E-state index contributed by atoms with van der Waals surface area (Å²) < 4.78 is 28.6. The maximum absolute atomic E-state index is 12.5. The molecule has 0 saturated carbocycles. The average Bonchev–Trinajstić information content (AvgIpc) is 2.92. The van der Waals surface area contributed by atoms with Gasteiger partial charge in [-0.1, -0.05) is 43.7 Å². The first kappa shape index (κ1) is 20.4. The van der Waals surface area contributed by atoms with Gasteiger partial charge in [-0.3, -0.25) is 9.59 Å². The topological polar surface area (TPSA) is 80.8 Å². The highest BCUT2D eigenvalue weighted by atomic mass is 32.2. The van der Waals surface area contributed by atoms with Crippen LogP contribution in [0, 0.1) is 12.8 Å². The lowest BCUT2D eigenvalue weighted by atomic mass is 10.1. The first-order chi connectivity index (χ1) is 12.2. The number of hydrogen-bond acceptors (Lipinski definition) is 5. The maximum Gasteiger partial charge on any atom is 0.310 e. The monoisotopic (exact) mass is 381 g/mol. The molecule has 1 unspecified atom stereocenters. The van der Waals surface area contributed by atoms with Crippen molar-refractivity contribution in [3.8, 4) is 0 Å². The molecule has 1 aromatic carbocycles. The van der Waals surface area contributed by atoms with Crippen LogP contribution in [0.5, 0.6) is 0 Å². The van der Waals surface area contributed by atoms with Gasteiger partial charge in [-0.05, 0) is 24.8 Å².